The SMILES string of the molecule is C=C/C=C(/OCCOC)C(=C)C. The van der Waals surface area contributed by atoms with Crippen molar-refractivity contribution in [3.63, 3.8) is 0 Å². The lowest BCUT2D eigenvalue weighted by Crippen LogP contribution is -2.02. The van der Waals surface area contributed by atoms with E-state index in [9.17, 15) is 0 Å². The molecule has 12 heavy (non-hydrogen) atoms. The summed E-state index contributed by atoms with van der Waals surface area (Å²) in [5.41, 5.74) is 0.894. The van der Waals surface area contributed by atoms with E-state index < -0.39 is 0 Å². The van der Waals surface area contributed by atoms with Crippen molar-refractivity contribution >= 4 is 0 Å². The first-order valence-corrected chi connectivity index (χ1v) is 3.82. The van der Waals surface area contributed by atoms with Gasteiger partial charge in [-0.25, -0.2) is 0 Å². The minimum Gasteiger partial charge on any atom is -0.491 e. The summed E-state index contributed by atoms with van der Waals surface area (Å²) in [5, 5.41) is 0. The molecule has 0 unspecified atom stereocenters. The highest BCUT2D eigenvalue weighted by Gasteiger charge is 1.96. The molecule has 0 aliphatic heterocycles. The van der Waals surface area contributed by atoms with Gasteiger partial charge in [0, 0.05) is 7.11 Å². The Labute approximate surface area is 74.2 Å². The Hall–Kier alpha value is -1.02. The zero-order valence-corrected chi connectivity index (χ0v) is 7.80. The maximum Gasteiger partial charge on any atom is 0.121 e. The Kier molecular flexibility index (Phi) is 6.11. The highest BCUT2D eigenvalue weighted by Crippen LogP contribution is 2.07. The van der Waals surface area contributed by atoms with E-state index in [1.54, 1.807) is 19.3 Å². The molecule has 0 N–H and O–H groups in total. The zero-order valence-electron chi connectivity index (χ0n) is 7.80. The van der Waals surface area contributed by atoms with Crippen molar-refractivity contribution in [2.75, 3.05) is 20.3 Å². The largest absolute Gasteiger partial charge is 0.491 e. The molecule has 0 rings (SSSR count). The van der Waals surface area contributed by atoms with Crippen molar-refractivity contribution < 1.29 is 9.47 Å². The molecule has 68 valence electrons. The summed E-state index contributed by atoms with van der Waals surface area (Å²) in [7, 11) is 1.64. The minimum absolute atomic E-state index is 0.545. The molecule has 0 radical (unpaired) electrons. The van der Waals surface area contributed by atoms with Crippen molar-refractivity contribution in [3.8, 4) is 0 Å². The normalized spacial score (nSPS) is 11.0. The lowest BCUT2D eigenvalue weighted by atomic mass is 10.2. The van der Waals surface area contributed by atoms with Gasteiger partial charge >= 0.3 is 0 Å². The van der Waals surface area contributed by atoms with Gasteiger partial charge in [0.25, 0.3) is 0 Å². The maximum absolute atomic E-state index is 5.35. The molecular weight excluding hydrogens is 152 g/mol. The van der Waals surface area contributed by atoms with Crippen molar-refractivity contribution in [1.29, 1.82) is 0 Å². The van der Waals surface area contributed by atoms with Crippen LogP contribution in [0.25, 0.3) is 0 Å². The molecule has 0 heterocycles. The maximum atomic E-state index is 5.35. The molecule has 0 aromatic rings. The Bertz CT molecular complexity index is 180. The first kappa shape index (κ1) is 11.0. The molecule has 2 heteroatoms. The van der Waals surface area contributed by atoms with E-state index in [0.717, 1.165) is 11.3 Å². The fourth-order valence-corrected chi connectivity index (χ4v) is 0.656. The minimum atomic E-state index is 0.545. The summed E-state index contributed by atoms with van der Waals surface area (Å²) >= 11 is 0. The van der Waals surface area contributed by atoms with Crippen LogP contribution < -0.4 is 0 Å². The topological polar surface area (TPSA) is 18.5 Å². The van der Waals surface area contributed by atoms with Gasteiger partial charge in [-0.05, 0) is 18.6 Å². The Morgan fingerprint density at radius 3 is 2.50 bits per heavy atom. The van der Waals surface area contributed by atoms with E-state index in [-0.39, 0.29) is 0 Å². The number of methoxy groups -OCH3 is 1. The third-order valence-electron chi connectivity index (χ3n) is 1.23. The zero-order chi connectivity index (χ0) is 9.40. The van der Waals surface area contributed by atoms with Crippen LogP contribution in [0.15, 0.2) is 36.6 Å². The van der Waals surface area contributed by atoms with Gasteiger partial charge in [-0.2, -0.15) is 0 Å². The first-order valence-electron chi connectivity index (χ1n) is 3.82. The monoisotopic (exact) mass is 168 g/mol. The Balaban J connectivity index is 3.89. The second-order valence-electron chi connectivity index (χ2n) is 2.39. The summed E-state index contributed by atoms with van der Waals surface area (Å²) in [4.78, 5) is 0. The molecule has 0 spiro atoms. The highest BCUT2D eigenvalue weighted by molar-refractivity contribution is 5.23. The standard InChI is InChI=1S/C10H16O2/c1-5-6-10(9(2)3)12-8-7-11-4/h5-6H,1-2,7-8H2,3-4H3/b10-6+. The lowest BCUT2D eigenvalue weighted by molar-refractivity contribution is 0.113. The molecule has 0 fully saturated rings. The van der Waals surface area contributed by atoms with Gasteiger partial charge in [0.05, 0.1) is 6.61 Å². The van der Waals surface area contributed by atoms with E-state index in [0.29, 0.717) is 13.2 Å². The van der Waals surface area contributed by atoms with Crippen LogP contribution in [0.5, 0.6) is 0 Å². The second-order valence-corrected chi connectivity index (χ2v) is 2.39. The molecule has 0 bridgehead atoms. The third kappa shape index (κ3) is 4.74. The van der Waals surface area contributed by atoms with Crippen LogP contribution in [0.3, 0.4) is 0 Å². The van der Waals surface area contributed by atoms with Crippen molar-refractivity contribution in [2.24, 2.45) is 0 Å². The smallest absolute Gasteiger partial charge is 0.121 e. The fourth-order valence-electron chi connectivity index (χ4n) is 0.656. The van der Waals surface area contributed by atoms with Crippen LogP contribution >= 0.6 is 0 Å². The number of hydrogen-bond donors (Lipinski definition) is 0. The molecule has 0 saturated carbocycles. The predicted molar refractivity (Wildman–Crippen MR) is 50.9 cm³/mol. The summed E-state index contributed by atoms with van der Waals surface area (Å²) in [5.74, 6) is 0.766. The van der Waals surface area contributed by atoms with Crippen LogP contribution in [-0.4, -0.2) is 20.3 Å². The molecule has 0 saturated heterocycles. The fraction of sp³-hybridized carbons (Fsp3) is 0.400. The highest BCUT2D eigenvalue weighted by atomic mass is 16.5. The number of rotatable bonds is 6. The summed E-state index contributed by atoms with van der Waals surface area (Å²) < 4.78 is 10.2. The van der Waals surface area contributed by atoms with Crippen LogP contribution in [0.2, 0.25) is 0 Å². The lowest BCUT2D eigenvalue weighted by Gasteiger charge is -2.08. The van der Waals surface area contributed by atoms with Gasteiger partial charge in [0.1, 0.15) is 12.4 Å². The molecule has 2 nitrogen and oxygen atoms in total. The van der Waals surface area contributed by atoms with Crippen LogP contribution in [0.4, 0.5) is 0 Å². The second kappa shape index (κ2) is 6.68. The van der Waals surface area contributed by atoms with Gasteiger partial charge in [-0.3, -0.25) is 0 Å². The average molecular weight is 168 g/mol. The predicted octanol–water partition coefficient (Wildman–Crippen LogP) is 2.30. The van der Waals surface area contributed by atoms with Gasteiger partial charge < -0.3 is 9.47 Å². The van der Waals surface area contributed by atoms with Crippen LogP contribution in [-0.2, 0) is 9.47 Å². The van der Waals surface area contributed by atoms with Gasteiger partial charge in [0.15, 0.2) is 0 Å². The Morgan fingerprint density at radius 1 is 1.42 bits per heavy atom. The van der Waals surface area contributed by atoms with Gasteiger partial charge in [0.2, 0.25) is 0 Å². The van der Waals surface area contributed by atoms with E-state index >= 15 is 0 Å². The molecule has 0 atom stereocenters. The van der Waals surface area contributed by atoms with Gasteiger partial charge in [-0.15, -0.1) is 0 Å². The third-order valence-corrected chi connectivity index (χ3v) is 1.23. The Morgan fingerprint density at radius 2 is 2.08 bits per heavy atom. The van der Waals surface area contributed by atoms with Crippen molar-refractivity contribution in [1.82, 2.24) is 0 Å². The average Bonchev–Trinajstić information content (AvgIpc) is 2.03. The number of hydrogen-bond acceptors (Lipinski definition) is 2. The molecule has 0 amide bonds. The quantitative estimate of drug-likeness (QED) is 0.344. The summed E-state index contributed by atoms with van der Waals surface area (Å²) in [6, 6.07) is 0. The van der Waals surface area contributed by atoms with Crippen LogP contribution in [0, 0.1) is 0 Å². The molecule has 0 aliphatic carbocycles. The summed E-state index contributed by atoms with van der Waals surface area (Å²) in [6.45, 7) is 10.4. The van der Waals surface area contributed by atoms with E-state index in [2.05, 4.69) is 13.2 Å². The van der Waals surface area contributed by atoms with Gasteiger partial charge in [-0.1, -0.05) is 19.2 Å². The first-order chi connectivity index (χ1) is 5.72. The molecule has 0 aliphatic rings. The number of allylic oxidation sites excluding steroid dienone is 3. The molecule has 0 aromatic heterocycles. The molecular formula is C10H16O2. The van der Waals surface area contributed by atoms with Crippen molar-refractivity contribution in [2.45, 2.75) is 6.92 Å². The number of ether oxygens (including phenoxy) is 2. The summed E-state index contributed by atoms with van der Waals surface area (Å²) in [6.07, 6.45) is 3.47. The van der Waals surface area contributed by atoms with E-state index in [1.165, 1.54) is 0 Å². The van der Waals surface area contributed by atoms with Crippen LogP contribution in [0.1, 0.15) is 6.92 Å². The van der Waals surface area contributed by atoms with E-state index in [4.69, 9.17) is 9.47 Å². The molecule has 0 aromatic carbocycles. The van der Waals surface area contributed by atoms with Crippen molar-refractivity contribution in [3.05, 3.63) is 36.6 Å². The van der Waals surface area contributed by atoms with E-state index in [1.807, 2.05) is 6.92 Å².